The third kappa shape index (κ3) is 3.85. The molecule has 1 fully saturated rings. The van der Waals surface area contributed by atoms with Gasteiger partial charge in [0.1, 0.15) is 24.0 Å². The molecular weight excluding hydrogens is 387 g/mol. The normalized spacial score (nSPS) is 18.6. The van der Waals surface area contributed by atoms with Crippen LogP contribution < -0.4 is 10.1 Å². The zero-order valence-corrected chi connectivity index (χ0v) is 14.0. The third-order valence-electron chi connectivity index (χ3n) is 3.09. The Hall–Kier alpha value is -1.35. The third-order valence-corrected chi connectivity index (χ3v) is 3.81. The van der Waals surface area contributed by atoms with Crippen LogP contribution in [0.15, 0.2) is 24.3 Å². The number of aliphatic hydroxyl groups excluding tert-OH is 1. The minimum Gasteiger partial charge on any atom is -0.491 e. The SMILES string of the molecule is CC1(C)NC(=O)N(C[C@H](O)COc2ccc(I)cc2)C1=O. The van der Waals surface area contributed by atoms with Crippen molar-refractivity contribution in [2.45, 2.75) is 25.5 Å². The molecule has 1 aromatic carbocycles. The maximum Gasteiger partial charge on any atom is 0.325 e. The molecular formula is C14H17IN2O4. The first-order chi connectivity index (χ1) is 9.79. The average molecular weight is 404 g/mol. The van der Waals surface area contributed by atoms with Crippen LogP contribution >= 0.6 is 22.6 Å². The predicted molar refractivity (Wildman–Crippen MR) is 85.0 cm³/mol. The molecule has 2 rings (SSSR count). The highest BCUT2D eigenvalue weighted by molar-refractivity contribution is 14.1. The first kappa shape index (κ1) is 16.0. The van der Waals surface area contributed by atoms with Gasteiger partial charge in [-0.25, -0.2) is 4.79 Å². The van der Waals surface area contributed by atoms with Crippen molar-refractivity contribution < 1.29 is 19.4 Å². The highest BCUT2D eigenvalue weighted by Gasteiger charge is 2.44. The number of carbonyl (C=O) groups is 2. The summed E-state index contributed by atoms with van der Waals surface area (Å²) in [6.07, 6.45) is -0.937. The molecule has 0 aliphatic carbocycles. The lowest BCUT2D eigenvalue weighted by molar-refractivity contribution is -0.131. The topological polar surface area (TPSA) is 78.9 Å². The summed E-state index contributed by atoms with van der Waals surface area (Å²) in [4.78, 5) is 24.7. The summed E-state index contributed by atoms with van der Waals surface area (Å²) < 4.78 is 6.52. The zero-order valence-electron chi connectivity index (χ0n) is 11.8. The second kappa shape index (κ2) is 6.18. The maximum absolute atomic E-state index is 12.0. The molecule has 2 N–H and O–H groups in total. The second-order valence-electron chi connectivity index (χ2n) is 5.39. The quantitative estimate of drug-likeness (QED) is 0.574. The van der Waals surface area contributed by atoms with E-state index in [-0.39, 0.29) is 19.1 Å². The molecule has 7 heteroatoms. The van der Waals surface area contributed by atoms with Gasteiger partial charge in [0.05, 0.1) is 6.54 Å². The number of halogens is 1. The number of carbonyl (C=O) groups excluding carboxylic acids is 2. The first-order valence-corrected chi connectivity index (χ1v) is 7.58. The lowest BCUT2D eigenvalue weighted by Gasteiger charge is -2.19. The number of benzene rings is 1. The number of nitrogens with one attached hydrogen (secondary N) is 1. The van der Waals surface area contributed by atoms with Gasteiger partial charge in [0.2, 0.25) is 0 Å². The number of ether oxygens (including phenoxy) is 1. The molecule has 6 nitrogen and oxygen atoms in total. The van der Waals surface area contributed by atoms with Crippen LogP contribution in [0.1, 0.15) is 13.8 Å². The van der Waals surface area contributed by atoms with Gasteiger partial charge in [-0.2, -0.15) is 0 Å². The van der Waals surface area contributed by atoms with Crippen molar-refractivity contribution in [2.24, 2.45) is 0 Å². The Morgan fingerprint density at radius 2 is 1.95 bits per heavy atom. The molecule has 0 aromatic heterocycles. The van der Waals surface area contributed by atoms with E-state index < -0.39 is 17.7 Å². The van der Waals surface area contributed by atoms with Crippen molar-refractivity contribution in [1.82, 2.24) is 10.2 Å². The van der Waals surface area contributed by atoms with Crippen molar-refractivity contribution in [2.75, 3.05) is 13.2 Å². The molecule has 0 bridgehead atoms. The summed E-state index contributed by atoms with van der Waals surface area (Å²) >= 11 is 2.19. The van der Waals surface area contributed by atoms with E-state index in [4.69, 9.17) is 4.74 Å². The number of β-amino-alcohol motifs (C(OH)–C–C–N with tert-alkyl or cyclic N) is 1. The van der Waals surface area contributed by atoms with Crippen molar-refractivity contribution >= 4 is 34.5 Å². The second-order valence-corrected chi connectivity index (χ2v) is 6.64. The molecule has 1 heterocycles. The Bertz CT molecular complexity index is 544. The zero-order chi connectivity index (χ0) is 15.6. The summed E-state index contributed by atoms with van der Waals surface area (Å²) in [5, 5.41) is 12.5. The molecule has 0 spiro atoms. The summed E-state index contributed by atoms with van der Waals surface area (Å²) in [5.74, 6) is 0.285. The lowest BCUT2D eigenvalue weighted by Crippen LogP contribution is -2.42. The number of hydrogen-bond acceptors (Lipinski definition) is 4. The van der Waals surface area contributed by atoms with E-state index in [0.29, 0.717) is 5.75 Å². The van der Waals surface area contributed by atoms with Gasteiger partial charge in [0.15, 0.2) is 0 Å². The van der Waals surface area contributed by atoms with E-state index in [1.54, 1.807) is 26.0 Å². The highest BCUT2D eigenvalue weighted by Crippen LogP contribution is 2.17. The molecule has 0 unspecified atom stereocenters. The molecule has 1 atom stereocenters. The monoisotopic (exact) mass is 404 g/mol. The van der Waals surface area contributed by atoms with Crippen LogP contribution in [0.5, 0.6) is 5.75 Å². The van der Waals surface area contributed by atoms with Crippen molar-refractivity contribution in [3.63, 3.8) is 0 Å². The van der Waals surface area contributed by atoms with Crippen LogP contribution in [0, 0.1) is 3.57 Å². The van der Waals surface area contributed by atoms with Gasteiger partial charge in [-0.05, 0) is 60.7 Å². The van der Waals surface area contributed by atoms with Gasteiger partial charge in [0.25, 0.3) is 5.91 Å². The number of hydrogen-bond donors (Lipinski definition) is 2. The fraction of sp³-hybridized carbons (Fsp3) is 0.429. The number of urea groups is 1. The fourth-order valence-electron chi connectivity index (χ4n) is 1.97. The van der Waals surface area contributed by atoms with Gasteiger partial charge in [-0.1, -0.05) is 0 Å². The van der Waals surface area contributed by atoms with E-state index in [1.165, 1.54) is 0 Å². The van der Waals surface area contributed by atoms with Gasteiger partial charge >= 0.3 is 6.03 Å². The lowest BCUT2D eigenvalue weighted by atomic mass is 10.1. The minimum absolute atomic E-state index is 0.0120. The van der Waals surface area contributed by atoms with Crippen molar-refractivity contribution in [3.8, 4) is 5.75 Å². The highest BCUT2D eigenvalue weighted by atomic mass is 127. The smallest absolute Gasteiger partial charge is 0.325 e. The largest absolute Gasteiger partial charge is 0.491 e. The van der Waals surface area contributed by atoms with Crippen LogP contribution in [0.4, 0.5) is 4.79 Å². The predicted octanol–water partition coefficient (Wildman–Crippen LogP) is 1.36. The molecule has 1 aromatic rings. The summed E-state index contributed by atoms with van der Waals surface area (Å²) in [6, 6.07) is 6.89. The summed E-state index contributed by atoms with van der Waals surface area (Å²) in [7, 11) is 0. The van der Waals surface area contributed by atoms with Gasteiger partial charge in [-0.3, -0.25) is 9.69 Å². The van der Waals surface area contributed by atoms with E-state index in [1.807, 2.05) is 12.1 Å². The van der Waals surface area contributed by atoms with E-state index in [0.717, 1.165) is 8.47 Å². The maximum atomic E-state index is 12.0. The van der Waals surface area contributed by atoms with E-state index >= 15 is 0 Å². The summed E-state index contributed by atoms with van der Waals surface area (Å²) in [6.45, 7) is 3.18. The van der Waals surface area contributed by atoms with Crippen LogP contribution in [0.25, 0.3) is 0 Å². The van der Waals surface area contributed by atoms with Gasteiger partial charge < -0.3 is 15.2 Å². The Labute approximate surface area is 136 Å². The van der Waals surface area contributed by atoms with Crippen molar-refractivity contribution in [3.05, 3.63) is 27.8 Å². The Kier molecular flexibility index (Phi) is 4.72. The van der Waals surface area contributed by atoms with E-state index in [2.05, 4.69) is 27.9 Å². The molecule has 1 aliphatic rings. The summed E-state index contributed by atoms with van der Waals surface area (Å²) in [5.41, 5.74) is -0.923. The fourth-order valence-corrected chi connectivity index (χ4v) is 2.33. The van der Waals surface area contributed by atoms with E-state index in [9.17, 15) is 14.7 Å². The molecule has 1 saturated heterocycles. The van der Waals surface area contributed by atoms with Crippen LogP contribution in [0.3, 0.4) is 0 Å². The van der Waals surface area contributed by atoms with Crippen molar-refractivity contribution in [1.29, 1.82) is 0 Å². The number of rotatable bonds is 5. The number of nitrogens with zero attached hydrogens (tertiary/aromatic N) is 1. The number of aliphatic hydroxyl groups is 1. The Morgan fingerprint density at radius 1 is 1.33 bits per heavy atom. The molecule has 0 saturated carbocycles. The first-order valence-electron chi connectivity index (χ1n) is 6.50. The molecule has 0 radical (unpaired) electrons. The van der Waals surface area contributed by atoms with Gasteiger partial charge in [0, 0.05) is 3.57 Å². The van der Waals surface area contributed by atoms with Crippen LogP contribution in [-0.2, 0) is 4.79 Å². The number of imide groups is 1. The van der Waals surface area contributed by atoms with Gasteiger partial charge in [-0.15, -0.1) is 0 Å². The Morgan fingerprint density at radius 3 is 2.48 bits per heavy atom. The Balaban J connectivity index is 1.87. The minimum atomic E-state index is -0.937. The molecule has 114 valence electrons. The molecule has 21 heavy (non-hydrogen) atoms. The standard InChI is InChI=1S/C14H17IN2O4/c1-14(2)12(19)17(13(20)16-14)7-10(18)8-21-11-5-3-9(15)4-6-11/h3-6,10,18H,7-8H2,1-2H3,(H,16,20)/t10-/m0/s1. The van der Waals surface area contributed by atoms with Crippen LogP contribution in [0.2, 0.25) is 0 Å². The molecule has 1 aliphatic heterocycles. The molecule has 3 amide bonds. The van der Waals surface area contributed by atoms with Crippen LogP contribution in [-0.4, -0.2) is 46.7 Å². The number of amides is 3. The average Bonchev–Trinajstić information content (AvgIpc) is 2.60.